The first kappa shape index (κ1) is 11.4. The van der Waals surface area contributed by atoms with Crippen LogP contribution in [0.25, 0.3) is 0 Å². The summed E-state index contributed by atoms with van der Waals surface area (Å²) in [5.41, 5.74) is 5.47. The maximum Gasteiger partial charge on any atom is 0.220 e. The summed E-state index contributed by atoms with van der Waals surface area (Å²) >= 11 is 0. The Morgan fingerprint density at radius 3 is 2.58 bits per heavy atom. The molecule has 12 heavy (non-hydrogen) atoms. The van der Waals surface area contributed by atoms with Crippen molar-refractivity contribution in [2.75, 3.05) is 6.54 Å². The van der Waals surface area contributed by atoms with Crippen molar-refractivity contribution in [3.05, 3.63) is 0 Å². The molecule has 0 aliphatic carbocycles. The minimum atomic E-state index is -0.482. The van der Waals surface area contributed by atoms with E-state index in [0.29, 0.717) is 19.4 Å². The molecule has 0 bridgehead atoms. The highest BCUT2D eigenvalue weighted by molar-refractivity contribution is 5.75. The number of hydrogen-bond acceptors (Lipinski definition) is 3. The van der Waals surface area contributed by atoms with Gasteiger partial charge in [0.05, 0.1) is 6.10 Å². The third-order valence-electron chi connectivity index (χ3n) is 1.42. The quantitative estimate of drug-likeness (QED) is 0.531. The molecule has 0 saturated heterocycles. The van der Waals surface area contributed by atoms with Gasteiger partial charge in [-0.05, 0) is 20.3 Å². The van der Waals surface area contributed by atoms with Gasteiger partial charge in [-0.3, -0.25) is 4.79 Å². The van der Waals surface area contributed by atoms with Crippen LogP contribution in [0.15, 0.2) is 0 Å². The Kier molecular flexibility index (Phi) is 5.66. The molecule has 0 spiro atoms. The van der Waals surface area contributed by atoms with E-state index in [1.165, 1.54) is 0 Å². The maximum absolute atomic E-state index is 11.0. The van der Waals surface area contributed by atoms with Crippen molar-refractivity contribution in [2.45, 2.75) is 38.8 Å². The van der Waals surface area contributed by atoms with Gasteiger partial charge >= 0.3 is 0 Å². The average Bonchev–Trinajstić information content (AvgIpc) is 1.96. The lowest BCUT2D eigenvalue weighted by Crippen LogP contribution is -2.31. The number of carbonyl (C=O) groups is 1. The minimum absolute atomic E-state index is 0.0480. The van der Waals surface area contributed by atoms with Gasteiger partial charge in [0.15, 0.2) is 0 Å². The van der Waals surface area contributed by atoms with Crippen molar-refractivity contribution in [3.8, 4) is 0 Å². The number of carbonyl (C=O) groups excluding carboxylic acids is 1. The molecule has 4 N–H and O–H groups in total. The summed E-state index contributed by atoms with van der Waals surface area (Å²) in [5, 5.41) is 11.4. The van der Waals surface area contributed by atoms with Crippen LogP contribution >= 0.6 is 0 Å². The third kappa shape index (κ3) is 7.50. The smallest absolute Gasteiger partial charge is 0.220 e. The van der Waals surface area contributed by atoms with Gasteiger partial charge < -0.3 is 16.2 Å². The molecule has 72 valence electrons. The number of amides is 1. The summed E-state index contributed by atoms with van der Waals surface area (Å²) in [6, 6.07) is 0.0577. The van der Waals surface area contributed by atoms with Crippen molar-refractivity contribution in [1.29, 1.82) is 0 Å². The molecule has 0 fully saturated rings. The van der Waals surface area contributed by atoms with Crippen LogP contribution in [0.4, 0.5) is 0 Å². The molecule has 0 saturated carbocycles. The molecule has 1 unspecified atom stereocenters. The van der Waals surface area contributed by atoms with Gasteiger partial charge in [0.2, 0.25) is 5.91 Å². The molecular weight excluding hydrogens is 156 g/mol. The van der Waals surface area contributed by atoms with E-state index in [4.69, 9.17) is 10.8 Å². The van der Waals surface area contributed by atoms with Gasteiger partial charge in [-0.1, -0.05) is 0 Å². The summed E-state index contributed by atoms with van der Waals surface area (Å²) in [6.45, 7) is 3.81. The Balaban J connectivity index is 3.34. The Bertz CT molecular complexity index is 121. The predicted octanol–water partition coefficient (Wildman–Crippen LogP) is -0.389. The molecule has 0 radical (unpaired) electrons. The lowest BCUT2D eigenvalue weighted by molar-refractivity contribution is -0.121. The monoisotopic (exact) mass is 174 g/mol. The van der Waals surface area contributed by atoms with E-state index in [1.54, 1.807) is 6.92 Å². The molecule has 4 nitrogen and oxygen atoms in total. The predicted molar refractivity (Wildman–Crippen MR) is 47.6 cm³/mol. The van der Waals surface area contributed by atoms with Crippen molar-refractivity contribution in [2.24, 2.45) is 5.73 Å². The Labute approximate surface area is 73.1 Å². The number of nitrogens with one attached hydrogen (secondary N) is 1. The molecule has 0 aromatic rings. The van der Waals surface area contributed by atoms with Crippen LogP contribution in [-0.2, 0) is 4.79 Å². The molecule has 1 amide bonds. The average molecular weight is 174 g/mol. The maximum atomic E-state index is 11.0. The van der Waals surface area contributed by atoms with Gasteiger partial charge in [-0.2, -0.15) is 0 Å². The van der Waals surface area contributed by atoms with E-state index in [1.807, 2.05) is 6.92 Å². The first-order chi connectivity index (χ1) is 5.52. The third-order valence-corrected chi connectivity index (χ3v) is 1.42. The second-order valence-corrected chi connectivity index (χ2v) is 3.17. The van der Waals surface area contributed by atoms with E-state index in [-0.39, 0.29) is 11.9 Å². The van der Waals surface area contributed by atoms with Gasteiger partial charge in [0.1, 0.15) is 0 Å². The molecular formula is C8H18N2O2. The molecule has 0 aliphatic heterocycles. The number of aliphatic hydroxyl groups excluding tert-OH is 1. The number of rotatable bonds is 5. The van der Waals surface area contributed by atoms with Crippen LogP contribution in [0.3, 0.4) is 0 Å². The van der Waals surface area contributed by atoms with Crippen LogP contribution in [0, 0.1) is 0 Å². The standard InChI is InChI=1S/C8H18N2O2/c1-6(9)3-4-8(12)10-5-7(2)11/h6-7,11H,3-5,9H2,1-2H3,(H,10,12)/t6?,7-/m0/s1. The zero-order chi connectivity index (χ0) is 9.56. The van der Waals surface area contributed by atoms with Crippen molar-refractivity contribution < 1.29 is 9.90 Å². The molecule has 2 atom stereocenters. The number of nitrogens with two attached hydrogens (primary N) is 1. The molecule has 0 heterocycles. The highest BCUT2D eigenvalue weighted by Crippen LogP contribution is 1.92. The van der Waals surface area contributed by atoms with Gasteiger partial charge in [-0.15, -0.1) is 0 Å². The van der Waals surface area contributed by atoms with Crippen molar-refractivity contribution >= 4 is 5.91 Å². The molecule has 0 aromatic carbocycles. The Hall–Kier alpha value is -0.610. The first-order valence-corrected chi connectivity index (χ1v) is 4.22. The summed E-state index contributed by atoms with van der Waals surface area (Å²) in [4.78, 5) is 11.0. The largest absolute Gasteiger partial charge is 0.392 e. The van der Waals surface area contributed by atoms with Crippen molar-refractivity contribution in [3.63, 3.8) is 0 Å². The number of hydrogen-bond donors (Lipinski definition) is 3. The SMILES string of the molecule is CC(N)CCC(=O)NC[C@H](C)O. The van der Waals surface area contributed by atoms with Gasteiger partial charge in [0, 0.05) is 19.0 Å². The second kappa shape index (κ2) is 5.97. The van der Waals surface area contributed by atoms with Crippen molar-refractivity contribution in [1.82, 2.24) is 5.32 Å². The lowest BCUT2D eigenvalue weighted by Gasteiger charge is -2.07. The van der Waals surface area contributed by atoms with E-state index in [2.05, 4.69) is 5.32 Å². The highest BCUT2D eigenvalue weighted by Gasteiger charge is 2.03. The fourth-order valence-corrected chi connectivity index (χ4v) is 0.709. The summed E-state index contributed by atoms with van der Waals surface area (Å²) < 4.78 is 0. The Morgan fingerprint density at radius 2 is 2.17 bits per heavy atom. The number of aliphatic hydroxyl groups is 1. The van der Waals surface area contributed by atoms with Crippen LogP contribution in [-0.4, -0.2) is 29.7 Å². The summed E-state index contributed by atoms with van der Waals surface area (Å²) in [6.07, 6.45) is 0.639. The van der Waals surface area contributed by atoms with E-state index in [0.717, 1.165) is 0 Å². The summed E-state index contributed by atoms with van der Waals surface area (Å²) in [7, 11) is 0. The first-order valence-electron chi connectivity index (χ1n) is 4.22. The molecule has 0 rings (SSSR count). The van der Waals surface area contributed by atoms with Crippen LogP contribution in [0.2, 0.25) is 0 Å². The van der Waals surface area contributed by atoms with E-state index >= 15 is 0 Å². The van der Waals surface area contributed by atoms with Crippen LogP contribution < -0.4 is 11.1 Å². The molecule has 4 heteroatoms. The van der Waals surface area contributed by atoms with Gasteiger partial charge in [-0.25, -0.2) is 0 Å². The zero-order valence-corrected chi connectivity index (χ0v) is 7.71. The summed E-state index contributed by atoms with van der Waals surface area (Å²) in [5.74, 6) is -0.0480. The zero-order valence-electron chi connectivity index (χ0n) is 7.71. The topological polar surface area (TPSA) is 75.4 Å². The van der Waals surface area contributed by atoms with Crippen LogP contribution in [0.5, 0.6) is 0 Å². The van der Waals surface area contributed by atoms with E-state index in [9.17, 15) is 4.79 Å². The fraction of sp³-hybridized carbons (Fsp3) is 0.875. The minimum Gasteiger partial charge on any atom is -0.392 e. The molecule has 0 aromatic heterocycles. The normalized spacial score (nSPS) is 15.3. The fourth-order valence-electron chi connectivity index (χ4n) is 0.709. The Morgan fingerprint density at radius 1 is 1.58 bits per heavy atom. The highest BCUT2D eigenvalue weighted by atomic mass is 16.3. The van der Waals surface area contributed by atoms with E-state index < -0.39 is 6.10 Å². The lowest BCUT2D eigenvalue weighted by atomic mass is 10.2. The van der Waals surface area contributed by atoms with Crippen LogP contribution in [0.1, 0.15) is 26.7 Å². The second-order valence-electron chi connectivity index (χ2n) is 3.17. The molecule has 0 aliphatic rings. The van der Waals surface area contributed by atoms with Gasteiger partial charge in [0.25, 0.3) is 0 Å².